The Kier molecular flexibility index (Phi) is 8.46. The lowest BCUT2D eigenvalue weighted by atomic mass is 9.86. The standard InChI is InChI=1S/C14H27N3O2.HI/c1-14(2,3)19-12(18)10-6-8-11(9-7-10)17-13(15-4)16-5;/h10-11H,6-9H2,1-5H3,(H2,15,16,17);1H. The zero-order valence-electron chi connectivity index (χ0n) is 13.2. The van der Waals surface area contributed by atoms with Crippen molar-refractivity contribution in [3.05, 3.63) is 0 Å². The van der Waals surface area contributed by atoms with Crippen molar-refractivity contribution in [2.75, 3.05) is 14.1 Å². The van der Waals surface area contributed by atoms with Crippen molar-refractivity contribution >= 4 is 35.9 Å². The molecule has 0 aliphatic heterocycles. The SMILES string of the molecule is CN=C(NC)NC1CCC(C(=O)OC(C)(C)C)CC1.I. The van der Waals surface area contributed by atoms with Crippen LogP contribution < -0.4 is 10.6 Å². The molecule has 1 rings (SSSR count). The Labute approximate surface area is 139 Å². The molecule has 0 aromatic carbocycles. The normalized spacial score (nSPS) is 23.6. The number of rotatable bonds is 2. The van der Waals surface area contributed by atoms with E-state index < -0.39 is 0 Å². The van der Waals surface area contributed by atoms with E-state index in [9.17, 15) is 4.79 Å². The first kappa shape index (κ1) is 19.5. The minimum absolute atomic E-state index is 0. The molecule has 1 aliphatic carbocycles. The van der Waals surface area contributed by atoms with Crippen molar-refractivity contribution in [2.24, 2.45) is 10.9 Å². The van der Waals surface area contributed by atoms with Crippen molar-refractivity contribution in [3.8, 4) is 0 Å². The van der Waals surface area contributed by atoms with Gasteiger partial charge in [0.25, 0.3) is 0 Å². The molecule has 5 nitrogen and oxygen atoms in total. The molecule has 0 atom stereocenters. The van der Waals surface area contributed by atoms with Gasteiger partial charge in [0.05, 0.1) is 5.92 Å². The molecule has 0 aromatic heterocycles. The first-order chi connectivity index (χ1) is 8.85. The van der Waals surface area contributed by atoms with Crippen LogP contribution in [0.25, 0.3) is 0 Å². The van der Waals surface area contributed by atoms with Crippen molar-refractivity contribution in [1.29, 1.82) is 0 Å². The fourth-order valence-corrected chi connectivity index (χ4v) is 2.30. The molecule has 6 heteroatoms. The lowest BCUT2D eigenvalue weighted by Crippen LogP contribution is -2.44. The highest BCUT2D eigenvalue weighted by molar-refractivity contribution is 14.0. The van der Waals surface area contributed by atoms with E-state index in [4.69, 9.17) is 4.74 Å². The van der Waals surface area contributed by atoms with Crippen molar-refractivity contribution in [2.45, 2.75) is 58.1 Å². The molecule has 0 heterocycles. The lowest BCUT2D eigenvalue weighted by Gasteiger charge is -2.30. The van der Waals surface area contributed by atoms with Crippen LogP contribution in [0.4, 0.5) is 0 Å². The predicted molar refractivity (Wildman–Crippen MR) is 92.6 cm³/mol. The zero-order valence-corrected chi connectivity index (χ0v) is 15.5. The summed E-state index contributed by atoms with van der Waals surface area (Å²) in [7, 11) is 3.60. The summed E-state index contributed by atoms with van der Waals surface area (Å²) in [5, 5.41) is 6.36. The highest BCUT2D eigenvalue weighted by atomic mass is 127. The number of ether oxygens (including phenoxy) is 1. The number of esters is 1. The topological polar surface area (TPSA) is 62.7 Å². The van der Waals surface area contributed by atoms with Crippen molar-refractivity contribution in [3.63, 3.8) is 0 Å². The second-order valence-electron chi connectivity index (χ2n) is 6.05. The predicted octanol–water partition coefficient (Wildman–Crippen LogP) is 2.30. The van der Waals surface area contributed by atoms with Crippen molar-refractivity contribution in [1.82, 2.24) is 10.6 Å². The summed E-state index contributed by atoms with van der Waals surface area (Å²) in [6.45, 7) is 5.74. The Hall–Kier alpha value is -0.530. The fourth-order valence-electron chi connectivity index (χ4n) is 2.30. The third kappa shape index (κ3) is 6.76. The second-order valence-corrected chi connectivity index (χ2v) is 6.05. The quantitative estimate of drug-likeness (QED) is 0.325. The Morgan fingerprint density at radius 2 is 1.75 bits per heavy atom. The van der Waals surface area contributed by atoms with Gasteiger partial charge >= 0.3 is 5.97 Å². The largest absolute Gasteiger partial charge is 0.460 e. The smallest absolute Gasteiger partial charge is 0.309 e. The molecular formula is C14H28IN3O2. The molecule has 0 amide bonds. The maximum atomic E-state index is 12.0. The van der Waals surface area contributed by atoms with Crippen LogP contribution in [0.15, 0.2) is 4.99 Å². The fraction of sp³-hybridized carbons (Fsp3) is 0.857. The van der Waals surface area contributed by atoms with Gasteiger partial charge in [-0.05, 0) is 46.5 Å². The van der Waals surface area contributed by atoms with Gasteiger partial charge in [0, 0.05) is 20.1 Å². The third-order valence-corrected chi connectivity index (χ3v) is 3.27. The number of hydrogen-bond donors (Lipinski definition) is 2. The number of nitrogens with zero attached hydrogens (tertiary/aromatic N) is 1. The molecule has 0 saturated heterocycles. The number of hydrogen-bond acceptors (Lipinski definition) is 3. The van der Waals surface area contributed by atoms with Crippen LogP contribution in [-0.4, -0.2) is 37.7 Å². The molecule has 1 aliphatic rings. The van der Waals surface area contributed by atoms with Gasteiger partial charge in [0.2, 0.25) is 0 Å². The monoisotopic (exact) mass is 397 g/mol. The minimum Gasteiger partial charge on any atom is -0.460 e. The number of aliphatic imine (C=N–C) groups is 1. The first-order valence-electron chi connectivity index (χ1n) is 6.99. The van der Waals surface area contributed by atoms with E-state index in [1.165, 1.54) is 0 Å². The summed E-state index contributed by atoms with van der Waals surface area (Å²) in [5.74, 6) is 0.804. The average molecular weight is 397 g/mol. The summed E-state index contributed by atoms with van der Waals surface area (Å²) < 4.78 is 5.44. The van der Waals surface area contributed by atoms with Gasteiger partial charge in [-0.15, -0.1) is 24.0 Å². The molecule has 0 bridgehead atoms. The summed E-state index contributed by atoms with van der Waals surface area (Å²) >= 11 is 0. The van der Waals surface area contributed by atoms with Gasteiger partial charge in [-0.25, -0.2) is 0 Å². The molecular weight excluding hydrogens is 369 g/mol. The molecule has 1 saturated carbocycles. The molecule has 118 valence electrons. The number of carbonyl (C=O) groups excluding carboxylic acids is 1. The summed E-state index contributed by atoms with van der Waals surface area (Å²) in [6, 6.07) is 0.393. The molecule has 0 radical (unpaired) electrons. The Morgan fingerprint density at radius 1 is 1.20 bits per heavy atom. The second kappa shape index (κ2) is 8.69. The molecule has 0 spiro atoms. The van der Waals surface area contributed by atoms with Gasteiger partial charge in [0.1, 0.15) is 5.60 Å². The lowest BCUT2D eigenvalue weighted by molar-refractivity contribution is -0.161. The summed E-state index contributed by atoms with van der Waals surface area (Å²) in [5.41, 5.74) is -0.389. The molecule has 0 aromatic rings. The number of nitrogens with one attached hydrogen (secondary N) is 2. The van der Waals surface area contributed by atoms with Gasteiger partial charge in [-0.3, -0.25) is 9.79 Å². The van der Waals surface area contributed by atoms with Crippen LogP contribution in [0.1, 0.15) is 46.5 Å². The van der Waals surface area contributed by atoms with Crippen LogP contribution in [0.3, 0.4) is 0 Å². The maximum Gasteiger partial charge on any atom is 0.309 e. The van der Waals surface area contributed by atoms with E-state index in [0.717, 1.165) is 31.6 Å². The Bertz CT molecular complexity index is 332. The average Bonchev–Trinajstić information content (AvgIpc) is 2.34. The molecule has 1 fully saturated rings. The van der Waals surface area contributed by atoms with E-state index in [2.05, 4.69) is 15.6 Å². The highest BCUT2D eigenvalue weighted by Crippen LogP contribution is 2.26. The Morgan fingerprint density at radius 3 is 2.15 bits per heavy atom. The zero-order chi connectivity index (χ0) is 14.5. The van der Waals surface area contributed by atoms with Crippen LogP contribution >= 0.6 is 24.0 Å². The third-order valence-electron chi connectivity index (χ3n) is 3.27. The van der Waals surface area contributed by atoms with E-state index in [1.807, 2.05) is 27.8 Å². The molecule has 2 N–H and O–H groups in total. The van der Waals surface area contributed by atoms with Gasteiger partial charge < -0.3 is 15.4 Å². The van der Waals surface area contributed by atoms with Crippen LogP contribution in [0.5, 0.6) is 0 Å². The number of carbonyl (C=O) groups is 1. The van der Waals surface area contributed by atoms with Gasteiger partial charge in [-0.2, -0.15) is 0 Å². The molecule has 20 heavy (non-hydrogen) atoms. The summed E-state index contributed by atoms with van der Waals surface area (Å²) in [4.78, 5) is 16.1. The maximum absolute atomic E-state index is 12.0. The van der Waals surface area contributed by atoms with E-state index in [1.54, 1.807) is 7.05 Å². The van der Waals surface area contributed by atoms with E-state index in [-0.39, 0.29) is 41.5 Å². The highest BCUT2D eigenvalue weighted by Gasteiger charge is 2.30. The Balaban J connectivity index is 0.00000361. The number of guanidine groups is 1. The van der Waals surface area contributed by atoms with E-state index >= 15 is 0 Å². The van der Waals surface area contributed by atoms with Gasteiger partial charge in [-0.1, -0.05) is 0 Å². The first-order valence-corrected chi connectivity index (χ1v) is 6.99. The summed E-state index contributed by atoms with van der Waals surface area (Å²) in [6.07, 6.45) is 3.72. The van der Waals surface area contributed by atoms with Crippen LogP contribution in [-0.2, 0) is 9.53 Å². The van der Waals surface area contributed by atoms with Gasteiger partial charge in [0.15, 0.2) is 5.96 Å². The number of halogens is 1. The minimum atomic E-state index is -0.389. The van der Waals surface area contributed by atoms with Crippen LogP contribution in [0.2, 0.25) is 0 Å². The molecule has 0 unspecified atom stereocenters. The van der Waals surface area contributed by atoms with Crippen molar-refractivity contribution < 1.29 is 9.53 Å². The van der Waals surface area contributed by atoms with Crippen LogP contribution in [0, 0.1) is 5.92 Å². The van der Waals surface area contributed by atoms with E-state index in [0.29, 0.717) is 6.04 Å².